The van der Waals surface area contributed by atoms with Gasteiger partial charge in [-0.05, 0) is 30.7 Å². The Morgan fingerprint density at radius 1 is 1.19 bits per heavy atom. The fourth-order valence-electron chi connectivity index (χ4n) is 2.93. The molecule has 1 saturated heterocycles. The number of rotatable bonds is 5. The summed E-state index contributed by atoms with van der Waals surface area (Å²) in [5.74, 6) is 0.0448. The first-order valence-electron chi connectivity index (χ1n) is 8.71. The van der Waals surface area contributed by atoms with Crippen LogP contribution in [0.3, 0.4) is 0 Å². The van der Waals surface area contributed by atoms with Crippen LogP contribution in [0.5, 0.6) is 0 Å². The van der Waals surface area contributed by atoms with E-state index in [1.807, 2.05) is 47.0 Å². The second kappa shape index (κ2) is 8.71. The van der Waals surface area contributed by atoms with Gasteiger partial charge in [0.05, 0.1) is 16.2 Å². The van der Waals surface area contributed by atoms with Crippen LogP contribution in [0.1, 0.15) is 18.1 Å². The maximum Gasteiger partial charge on any atom is 0.246 e. The van der Waals surface area contributed by atoms with Gasteiger partial charge in [-0.1, -0.05) is 29.3 Å². The lowest BCUT2D eigenvalue weighted by molar-refractivity contribution is -0.127. The van der Waals surface area contributed by atoms with Crippen molar-refractivity contribution in [1.29, 1.82) is 0 Å². The molecule has 3 rings (SSSR count). The van der Waals surface area contributed by atoms with Crippen molar-refractivity contribution in [2.75, 3.05) is 26.2 Å². The van der Waals surface area contributed by atoms with Crippen LogP contribution in [-0.4, -0.2) is 51.7 Å². The zero-order valence-corrected chi connectivity index (χ0v) is 16.2. The molecular weight excluding hydrogens is 371 g/mol. The van der Waals surface area contributed by atoms with Crippen LogP contribution >= 0.6 is 23.2 Å². The Bertz CT molecular complexity index is 795. The molecule has 1 aliphatic heterocycles. The molecular formula is C19H22Cl2N4O. The number of carbonyl (C=O) groups excluding carboxylic acids is 1. The fraction of sp³-hybridized carbons (Fsp3) is 0.368. The van der Waals surface area contributed by atoms with Gasteiger partial charge in [-0.3, -0.25) is 14.4 Å². The molecule has 0 atom stereocenters. The van der Waals surface area contributed by atoms with E-state index in [2.05, 4.69) is 10.00 Å². The van der Waals surface area contributed by atoms with Gasteiger partial charge in [0.2, 0.25) is 5.91 Å². The molecule has 0 N–H and O–H groups in total. The highest BCUT2D eigenvalue weighted by Gasteiger charge is 2.19. The third-order valence-corrected chi connectivity index (χ3v) is 5.21. The molecule has 1 aliphatic rings. The van der Waals surface area contributed by atoms with Crippen molar-refractivity contribution in [3.8, 4) is 0 Å². The first-order chi connectivity index (χ1) is 12.5. The predicted molar refractivity (Wildman–Crippen MR) is 105 cm³/mol. The molecule has 2 heterocycles. The van der Waals surface area contributed by atoms with Crippen LogP contribution in [0, 0.1) is 0 Å². The van der Waals surface area contributed by atoms with Crippen LogP contribution in [0.15, 0.2) is 36.7 Å². The summed E-state index contributed by atoms with van der Waals surface area (Å²) in [5.41, 5.74) is 2.07. The van der Waals surface area contributed by atoms with Gasteiger partial charge < -0.3 is 4.90 Å². The van der Waals surface area contributed by atoms with Crippen molar-refractivity contribution in [3.05, 3.63) is 57.8 Å². The van der Waals surface area contributed by atoms with Crippen molar-refractivity contribution in [2.45, 2.75) is 20.0 Å². The molecule has 0 radical (unpaired) electrons. The first kappa shape index (κ1) is 19.0. The Labute approximate surface area is 163 Å². The van der Waals surface area contributed by atoms with Crippen LogP contribution < -0.4 is 0 Å². The monoisotopic (exact) mass is 392 g/mol. The molecule has 0 bridgehead atoms. The van der Waals surface area contributed by atoms with Crippen molar-refractivity contribution < 1.29 is 4.79 Å². The normalized spacial score (nSPS) is 15.7. The third-order valence-electron chi connectivity index (χ3n) is 4.47. The predicted octanol–water partition coefficient (Wildman–Crippen LogP) is 3.57. The van der Waals surface area contributed by atoms with Crippen molar-refractivity contribution in [2.24, 2.45) is 0 Å². The summed E-state index contributed by atoms with van der Waals surface area (Å²) < 4.78 is 1.84. The lowest BCUT2D eigenvalue weighted by Gasteiger charge is -2.34. The van der Waals surface area contributed by atoms with E-state index in [0.717, 1.165) is 50.4 Å². The highest BCUT2D eigenvalue weighted by atomic mass is 35.5. The Morgan fingerprint density at radius 3 is 2.62 bits per heavy atom. The van der Waals surface area contributed by atoms with Gasteiger partial charge in [0.15, 0.2) is 0 Å². The Kier molecular flexibility index (Phi) is 6.35. The minimum absolute atomic E-state index is 0.0448. The maximum atomic E-state index is 12.4. The van der Waals surface area contributed by atoms with E-state index < -0.39 is 0 Å². The first-order valence-corrected chi connectivity index (χ1v) is 9.46. The highest BCUT2D eigenvalue weighted by Crippen LogP contribution is 2.23. The SMILES string of the molecule is CCn1cc(/C=C/C(=O)N2CCN(Cc3ccc(Cl)c(Cl)c3)CC2)cn1. The zero-order valence-electron chi connectivity index (χ0n) is 14.7. The van der Waals surface area contributed by atoms with Crippen LogP contribution in [-0.2, 0) is 17.9 Å². The summed E-state index contributed by atoms with van der Waals surface area (Å²) in [6.45, 7) is 6.79. The molecule has 0 aliphatic carbocycles. The van der Waals surface area contributed by atoms with E-state index in [4.69, 9.17) is 23.2 Å². The van der Waals surface area contributed by atoms with Gasteiger partial charge in [0.25, 0.3) is 0 Å². The molecule has 2 aromatic rings. The summed E-state index contributed by atoms with van der Waals surface area (Å²) in [4.78, 5) is 16.6. The average Bonchev–Trinajstić information content (AvgIpc) is 3.11. The number of halogens is 2. The molecule has 0 spiro atoms. The van der Waals surface area contributed by atoms with Gasteiger partial charge in [0, 0.05) is 57.1 Å². The molecule has 5 nitrogen and oxygen atoms in total. The van der Waals surface area contributed by atoms with Gasteiger partial charge in [-0.25, -0.2) is 0 Å². The van der Waals surface area contributed by atoms with Gasteiger partial charge in [-0.15, -0.1) is 0 Å². The Morgan fingerprint density at radius 2 is 1.96 bits per heavy atom. The number of hydrogen-bond donors (Lipinski definition) is 0. The number of aromatic nitrogens is 2. The fourth-order valence-corrected chi connectivity index (χ4v) is 3.25. The lowest BCUT2D eigenvalue weighted by atomic mass is 10.2. The third kappa shape index (κ3) is 4.87. The Balaban J connectivity index is 1.49. The minimum atomic E-state index is 0.0448. The van der Waals surface area contributed by atoms with E-state index in [1.165, 1.54) is 0 Å². The number of benzene rings is 1. The standard InChI is InChI=1S/C19H22Cl2N4O/c1-2-25-14-16(12-22-25)4-6-19(26)24-9-7-23(8-10-24)13-15-3-5-17(20)18(21)11-15/h3-6,11-12,14H,2,7-10,13H2,1H3/b6-4+. The van der Waals surface area contributed by atoms with E-state index in [0.29, 0.717) is 10.0 Å². The van der Waals surface area contributed by atoms with Crippen molar-refractivity contribution in [1.82, 2.24) is 19.6 Å². The van der Waals surface area contributed by atoms with Crippen LogP contribution in [0.25, 0.3) is 6.08 Å². The van der Waals surface area contributed by atoms with Gasteiger partial charge >= 0.3 is 0 Å². The number of amides is 1. The lowest BCUT2D eigenvalue weighted by Crippen LogP contribution is -2.47. The quantitative estimate of drug-likeness (QED) is 0.730. The molecule has 1 aromatic carbocycles. The summed E-state index contributed by atoms with van der Waals surface area (Å²) in [6.07, 6.45) is 7.15. The number of aryl methyl sites for hydroxylation is 1. The maximum absolute atomic E-state index is 12.4. The molecule has 1 fully saturated rings. The smallest absolute Gasteiger partial charge is 0.246 e. The second-order valence-corrected chi connectivity index (χ2v) is 7.13. The molecule has 0 saturated carbocycles. The van der Waals surface area contributed by atoms with Gasteiger partial charge in [0.1, 0.15) is 0 Å². The number of nitrogens with zero attached hydrogens (tertiary/aromatic N) is 4. The number of carbonyl (C=O) groups is 1. The highest BCUT2D eigenvalue weighted by molar-refractivity contribution is 6.42. The summed E-state index contributed by atoms with van der Waals surface area (Å²) in [5, 5.41) is 5.35. The van der Waals surface area contributed by atoms with E-state index in [-0.39, 0.29) is 5.91 Å². The summed E-state index contributed by atoms with van der Waals surface area (Å²) >= 11 is 12.0. The second-order valence-electron chi connectivity index (χ2n) is 6.31. The van der Waals surface area contributed by atoms with Crippen LogP contribution in [0.4, 0.5) is 0 Å². The van der Waals surface area contributed by atoms with E-state index in [9.17, 15) is 4.79 Å². The molecule has 0 unspecified atom stereocenters. The van der Waals surface area contributed by atoms with Crippen molar-refractivity contribution >= 4 is 35.2 Å². The molecule has 1 aromatic heterocycles. The molecule has 138 valence electrons. The topological polar surface area (TPSA) is 41.4 Å². The molecule has 26 heavy (non-hydrogen) atoms. The summed E-state index contributed by atoms with van der Waals surface area (Å²) in [7, 11) is 0. The minimum Gasteiger partial charge on any atom is -0.337 e. The zero-order chi connectivity index (χ0) is 18.5. The Hall–Kier alpha value is -1.82. The van der Waals surface area contributed by atoms with Crippen LogP contribution in [0.2, 0.25) is 10.0 Å². The van der Waals surface area contributed by atoms with E-state index >= 15 is 0 Å². The van der Waals surface area contributed by atoms with E-state index in [1.54, 1.807) is 12.3 Å². The molecule has 7 heteroatoms. The number of hydrogen-bond acceptors (Lipinski definition) is 3. The number of piperazine rings is 1. The van der Waals surface area contributed by atoms with Crippen molar-refractivity contribution in [3.63, 3.8) is 0 Å². The average molecular weight is 393 g/mol. The molecule has 1 amide bonds. The summed E-state index contributed by atoms with van der Waals surface area (Å²) in [6, 6.07) is 5.72. The largest absolute Gasteiger partial charge is 0.337 e. The van der Waals surface area contributed by atoms with Gasteiger partial charge in [-0.2, -0.15) is 5.10 Å².